The molecule has 0 atom stereocenters. The van der Waals surface area contributed by atoms with Gasteiger partial charge in [0.1, 0.15) is 12.3 Å². The second-order valence-corrected chi connectivity index (χ2v) is 7.43. The summed E-state index contributed by atoms with van der Waals surface area (Å²) in [6, 6.07) is 10.7. The largest absolute Gasteiger partial charge is 0.490 e. The first-order valence-corrected chi connectivity index (χ1v) is 10.3. The number of carbonyl (C=O) groups excluding carboxylic acids is 1. The lowest BCUT2D eigenvalue weighted by Gasteiger charge is -2.13. The predicted octanol–water partition coefficient (Wildman–Crippen LogP) is 5.05. The van der Waals surface area contributed by atoms with Crippen molar-refractivity contribution in [3.05, 3.63) is 63.3 Å². The number of thiocarbonyl (C=S) groups is 1. The number of amides is 1. The third-order valence-electron chi connectivity index (χ3n) is 4.26. The fourth-order valence-electron chi connectivity index (χ4n) is 2.82. The van der Waals surface area contributed by atoms with Crippen molar-refractivity contribution >= 4 is 52.5 Å². The van der Waals surface area contributed by atoms with Crippen LogP contribution in [0, 0.1) is 0 Å². The van der Waals surface area contributed by atoms with Crippen molar-refractivity contribution < 1.29 is 14.3 Å². The summed E-state index contributed by atoms with van der Waals surface area (Å²) in [6.07, 6.45) is 1.74. The minimum absolute atomic E-state index is 0.145. The standard InChI is InChI=1S/C21H20Cl2N2O3S/c1-3-25-20(26)17(24-21(25)29)9-13-5-8-18(19(10-13)27-4-2)28-12-14-6-7-15(22)11-16(14)23/h5-11H,3-4,12H2,1-2H3,(H,24,29)/b17-9-. The highest BCUT2D eigenvalue weighted by molar-refractivity contribution is 7.80. The molecule has 0 radical (unpaired) electrons. The van der Waals surface area contributed by atoms with Gasteiger partial charge in [-0.1, -0.05) is 35.3 Å². The van der Waals surface area contributed by atoms with Gasteiger partial charge in [-0.05, 0) is 62.0 Å². The molecule has 0 bridgehead atoms. The van der Waals surface area contributed by atoms with Gasteiger partial charge >= 0.3 is 0 Å². The van der Waals surface area contributed by atoms with E-state index in [9.17, 15) is 4.79 Å². The minimum atomic E-state index is -0.145. The maximum Gasteiger partial charge on any atom is 0.276 e. The summed E-state index contributed by atoms with van der Waals surface area (Å²) in [7, 11) is 0. The summed E-state index contributed by atoms with van der Waals surface area (Å²) in [5.74, 6) is 1.01. The summed E-state index contributed by atoms with van der Waals surface area (Å²) in [4.78, 5) is 13.9. The van der Waals surface area contributed by atoms with Crippen LogP contribution in [0.25, 0.3) is 6.08 Å². The Labute approximate surface area is 185 Å². The quantitative estimate of drug-likeness (QED) is 0.472. The van der Waals surface area contributed by atoms with Crippen LogP contribution in [0.4, 0.5) is 0 Å². The Morgan fingerprint density at radius 1 is 1.10 bits per heavy atom. The average molecular weight is 451 g/mol. The summed E-state index contributed by atoms with van der Waals surface area (Å²) in [5.41, 5.74) is 2.04. The molecule has 1 aliphatic heterocycles. The van der Waals surface area contributed by atoms with Gasteiger partial charge < -0.3 is 14.8 Å². The summed E-state index contributed by atoms with van der Waals surface area (Å²) < 4.78 is 11.6. The number of ether oxygens (including phenoxy) is 2. The number of likely N-dealkylation sites (N-methyl/N-ethyl adjacent to an activating group) is 1. The Morgan fingerprint density at radius 3 is 2.55 bits per heavy atom. The molecule has 3 rings (SSSR count). The fourth-order valence-corrected chi connectivity index (χ4v) is 3.61. The lowest BCUT2D eigenvalue weighted by Crippen LogP contribution is -2.30. The molecule has 1 heterocycles. The molecule has 2 aromatic rings. The second kappa shape index (κ2) is 9.48. The van der Waals surface area contributed by atoms with Crippen LogP contribution < -0.4 is 14.8 Å². The Balaban J connectivity index is 1.81. The van der Waals surface area contributed by atoms with Gasteiger partial charge in [-0.15, -0.1) is 0 Å². The van der Waals surface area contributed by atoms with Crippen molar-refractivity contribution in [2.75, 3.05) is 13.2 Å². The SMILES string of the molecule is CCOc1cc(/C=C2\NC(=S)N(CC)C2=O)ccc1OCc1ccc(Cl)cc1Cl. The average Bonchev–Trinajstić information content (AvgIpc) is 2.95. The van der Waals surface area contributed by atoms with Gasteiger partial charge in [-0.3, -0.25) is 9.69 Å². The first-order chi connectivity index (χ1) is 13.9. The monoisotopic (exact) mass is 450 g/mol. The lowest BCUT2D eigenvalue weighted by atomic mass is 10.1. The lowest BCUT2D eigenvalue weighted by molar-refractivity contribution is -0.122. The van der Waals surface area contributed by atoms with Gasteiger partial charge in [-0.2, -0.15) is 0 Å². The molecule has 8 heteroatoms. The Kier molecular flexibility index (Phi) is 7.00. The van der Waals surface area contributed by atoms with E-state index in [1.807, 2.05) is 32.0 Å². The van der Waals surface area contributed by atoms with Gasteiger partial charge in [0.2, 0.25) is 0 Å². The van der Waals surface area contributed by atoms with Crippen molar-refractivity contribution in [3.63, 3.8) is 0 Å². The van der Waals surface area contributed by atoms with E-state index >= 15 is 0 Å². The Morgan fingerprint density at radius 2 is 1.90 bits per heavy atom. The van der Waals surface area contributed by atoms with Crippen LogP contribution >= 0.6 is 35.4 Å². The molecule has 0 saturated carbocycles. The number of hydrogen-bond donors (Lipinski definition) is 1. The van der Waals surface area contributed by atoms with E-state index in [-0.39, 0.29) is 12.5 Å². The highest BCUT2D eigenvalue weighted by Gasteiger charge is 2.29. The van der Waals surface area contributed by atoms with Gasteiger partial charge in [0.25, 0.3) is 5.91 Å². The van der Waals surface area contributed by atoms with E-state index in [2.05, 4.69) is 5.32 Å². The Hall–Kier alpha value is -2.28. The number of hydrogen-bond acceptors (Lipinski definition) is 4. The first-order valence-electron chi connectivity index (χ1n) is 9.11. The summed E-state index contributed by atoms with van der Waals surface area (Å²) in [6.45, 7) is 5.04. The number of benzene rings is 2. The maximum atomic E-state index is 12.4. The number of nitrogens with zero attached hydrogens (tertiary/aromatic N) is 1. The molecule has 1 amide bonds. The molecule has 29 heavy (non-hydrogen) atoms. The molecule has 1 saturated heterocycles. The smallest absolute Gasteiger partial charge is 0.276 e. The van der Waals surface area contributed by atoms with Crippen LogP contribution in [-0.2, 0) is 11.4 Å². The van der Waals surface area contributed by atoms with Crippen LogP contribution in [-0.4, -0.2) is 29.1 Å². The highest BCUT2D eigenvalue weighted by atomic mass is 35.5. The summed E-state index contributed by atoms with van der Waals surface area (Å²) >= 11 is 17.3. The predicted molar refractivity (Wildman–Crippen MR) is 120 cm³/mol. The molecule has 0 aromatic heterocycles. The van der Waals surface area contributed by atoms with E-state index in [1.54, 1.807) is 24.3 Å². The third-order valence-corrected chi connectivity index (χ3v) is 5.16. The normalized spacial score (nSPS) is 15.0. The molecule has 152 valence electrons. The van der Waals surface area contributed by atoms with E-state index in [0.717, 1.165) is 11.1 Å². The van der Waals surface area contributed by atoms with Crippen LogP contribution in [0.1, 0.15) is 25.0 Å². The molecule has 1 fully saturated rings. The van der Waals surface area contributed by atoms with E-state index < -0.39 is 0 Å². The highest BCUT2D eigenvalue weighted by Crippen LogP contribution is 2.31. The van der Waals surface area contributed by atoms with Crippen LogP contribution in [0.15, 0.2) is 42.1 Å². The second-order valence-electron chi connectivity index (χ2n) is 6.20. The zero-order valence-electron chi connectivity index (χ0n) is 16.0. The molecule has 1 N–H and O–H groups in total. The number of rotatable bonds is 7. The molecule has 2 aromatic carbocycles. The van der Waals surface area contributed by atoms with E-state index in [1.165, 1.54) is 4.90 Å². The molecule has 1 aliphatic rings. The topological polar surface area (TPSA) is 50.8 Å². The van der Waals surface area contributed by atoms with Gasteiger partial charge in [-0.25, -0.2) is 0 Å². The molecule has 0 spiro atoms. The van der Waals surface area contributed by atoms with Crippen molar-refractivity contribution in [1.29, 1.82) is 0 Å². The molecule has 0 unspecified atom stereocenters. The molecular formula is C21H20Cl2N2O3S. The maximum absolute atomic E-state index is 12.4. The van der Waals surface area contributed by atoms with Crippen molar-refractivity contribution in [1.82, 2.24) is 10.2 Å². The van der Waals surface area contributed by atoms with Crippen LogP contribution in [0.2, 0.25) is 10.0 Å². The molecular weight excluding hydrogens is 431 g/mol. The zero-order chi connectivity index (χ0) is 21.0. The van der Waals surface area contributed by atoms with E-state index in [0.29, 0.717) is 45.5 Å². The first kappa shape index (κ1) is 21.4. The minimum Gasteiger partial charge on any atom is -0.490 e. The molecule has 5 nitrogen and oxygen atoms in total. The number of halogens is 2. The summed E-state index contributed by atoms with van der Waals surface area (Å²) in [5, 5.41) is 4.47. The fraction of sp³-hybridized carbons (Fsp3) is 0.238. The van der Waals surface area contributed by atoms with Crippen molar-refractivity contribution in [3.8, 4) is 11.5 Å². The van der Waals surface area contributed by atoms with Gasteiger partial charge in [0.15, 0.2) is 16.6 Å². The zero-order valence-corrected chi connectivity index (χ0v) is 18.3. The van der Waals surface area contributed by atoms with Crippen LogP contribution in [0.3, 0.4) is 0 Å². The third kappa shape index (κ3) is 5.01. The van der Waals surface area contributed by atoms with Crippen LogP contribution in [0.5, 0.6) is 11.5 Å². The Bertz CT molecular complexity index is 978. The van der Waals surface area contributed by atoms with Gasteiger partial charge in [0, 0.05) is 22.2 Å². The number of carbonyl (C=O) groups is 1. The van der Waals surface area contributed by atoms with E-state index in [4.69, 9.17) is 44.9 Å². The molecule has 0 aliphatic carbocycles. The van der Waals surface area contributed by atoms with Crippen molar-refractivity contribution in [2.24, 2.45) is 0 Å². The number of nitrogens with one attached hydrogen (secondary N) is 1. The van der Waals surface area contributed by atoms with Gasteiger partial charge in [0.05, 0.1) is 6.61 Å². The van der Waals surface area contributed by atoms with Crippen molar-refractivity contribution in [2.45, 2.75) is 20.5 Å².